The van der Waals surface area contributed by atoms with Crippen LogP contribution in [0.15, 0.2) is 60.9 Å². The summed E-state index contributed by atoms with van der Waals surface area (Å²) in [6, 6.07) is 16.5. The van der Waals surface area contributed by atoms with Gasteiger partial charge in [-0.25, -0.2) is 4.98 Å². The van der Waals surface area contributed by atoms with Crippen LogP contribution < -0.4 is 5.32 Å². The molecule has 7 heteroatoms. The Morgan fingerprint density at radius 1 is 1.06 bits per heavy atom. The largest absolute Gasteiger partial charge is 0.379 e. The third kappa shape index (κ3) is 4.42. The van der Waals surface area contributed by atoms with Crippen LogP contribution in [0.1, 0.15) is 11.1 Å². The summed E-state index contributed by atoms with van der Waals surface area (Å²) in [6.07, 6.45) is 3.87. The number of morpholine rings is 1. The van der Waals surface area contributed by atoms with E-state index in [1.54, 1.807) is 0 Å². The predicted molar refractivity (Wildman–Crippen MR) is 124 cm³/mol. The van der Waals surface area contributed by atoms with Gasteiger partial charge in [0.2, 0.25) is 5.95 Å². The minimum atomic E-state index is 0.538. The highest BCUT2D eigenvalue weighted by Gasteiger charge is 2.12. The minimum Gasteiger partial charge on any atom is -0.379 e. The molecule has 0 radical (unpaired) electrons. The molecular formula is C24H24ClN5O. The summed E-state index contributed by atoms with van der Waals surface area (Å²) in [5.41, 5.74) is 5.13. The van der Waals surface area contributed by atoms with Gasteiger partial charge < -0.3 is 14.6 Å². The number of ether oxygens (including phenoxy) is 1. The summed E-state index contributed by atoms with van der Waals surface area (Å²) in [5.74, 6) is 0.538. The Morgan fingerprint density at radius 3 is 2.65 bits per heavy atom. The average Bonchev–Trinajstić information content (AvgIpc) is 3.21. The highest BCUT2D eigenvalue weighted by Crippen LogP contribution is 2.24. The average molecular weight is 434 g/mol. The standard InChI is InChI=1S/C24H24ClN5O/c1-17-2-5-20(14-22(17)25)27-24-26-15-19-8-9-30(23(19)28-24)21-6-3-18(4-7-21)16-29-10-12-31-13-11-29/h2-9,14-15H,10-13,16H2,1H3,(H,26,27,28). The van der Waals surface area contributed by atoms with Gasteiger partial charge in [-0.05, 0) is 48.4 Å². The second-order valence-electron chi connectivity index (χ2n) is 7.80. The van der Waals surface area contributed by atoms with Gasteiger partial charge in [0.15, 0.2) is 0 Å². The molecule has 0 unspecified atom stereocenters. The number of hydrogen-bond acceptors (Lipinski definition) is 5. The first-order chi connectivity index (χ1) is 15.2. The van der Waals surface area contributed by atoms with Crippen LogP contribution in [0.5, 0.6) is 0 Å². The van der Waals surface area contributed by atoms with Crippen molar-refractivity contribution in [1.29, 1.82) is 0 Å². The van der Waals surface area contributed by atoms with Crippen LogP contribution in [-0.4, -0.2) is 45.7 Å². The fraction of sp³-hybridized carbons (Fsp3) is 0.250. The molecule has 158 valence electrons. The second kappa shape index (κ2) is 8.67. The van der Waals surface area contributed by atoms with E-state index in [4.69, 9.17) is 21.3 Å². The van der Waals surface area contributed by atoms with Crippen molar-refractivity contribution in [3.05, 3.63) is 77.1 Å². The maximum atomic E-state index is 6.24. The number of rotatable bonds is 5. The summed E-state index contributed by atoms with van der Waals surface area (Å²) in [4.78, 5) is 11.6. The van der Waals surface area contributed by atoms with Crippen molar-refractivity contribution in [2.45, 2.75) is 13.5 Å². The van der Waals surface area contributed by atoms with Crippen LogP contribution >= 0.6 is 11.6 Å². The maximum absolute atomic E-state index is 6.24. The lowest BCUT2D eigenvalue weighted by atomic mass is 10.2. The van der Waals surface area contributed by atoms with Crippen LogP contribution in [0.4, 0.5) is 11.6 Å². The predicted octanol–water partition coefficient (Wildman–Crippen LogP) is 4.96. The lowest BCUT2D eigenvalue weighted by molar-refractivity contribution is 0.0342. The van der Waals surface area contributed by atoms with Gasteiger partial charge in [-0.15, -0.1) is 0 Å². The molecule has 0 amide bonds. The molecule has 0 spiro atoms. The summed E-state index contributed by atoms with van der Waals surface area (Å²) in [5, 5.41) is 4.96. The van der Waals surface area contributed by atoms with Gasteiger partial charge in [0.25, 0.3) is 0 Å². The quantitative estimate of drug-likeness (QED) is 0.482. The molecule has 5 rings (SSSR count). The van der Waals surface area contributed by atoms with Gasteiger partial charge in [-0.3, -0.25) is 4.90 Å². The van der Waals surface area contributed by atoms with Crippen molar-refractivity contribution >= 4 is 34.3 Å². The molecule has 1 aliphatic rings. The monoisotopic (exact) mass is 433 g/mol. The van der Waals surface area contributed by atoms with E-state index >= 15 is 0 Å². The number of aryl methyl sites for hydroxylation is 1. The Bertz CT molecular complexity index is 1200. The van der Waals surface area contributed by atoms with Crippen LogP contribution in [0.25, 0.3) is 16.7 Å². The number of nitrogens with one attached hydrogen (secondary N) is 1. The van der Waals surface area contributed by atoms with Crippen molar-refractivity contribution < 1.29 is 4.74 Å². The number of hydrogen-bond donors (Lipinski definition) is 1. The molecular weight excluding hydrogens is 410 g/mol. The van der Waals surface area contributed by atoms with E-state index in [9.17, 15) is 0 Å². The van der Waals surface area contributed by atoms with Gasteiger partial charge in [-0.1, -0.05) is 29.8 Å². The molecule has 3 heterocycles. The van der Waals surface area contributed by atoms with Gasteiger partial charge in [0, 0.05) is 53.8 Å². The van der Waals surface area contributed by atoms with Crippen molar-refractivity contribution in [2.24, 2.45) is 0 Å². The summed E-state index contributed by atoms with van der Waals surface area (Å²) < 4.78 is 7.52. The highest BCUT2D eigenvalue weighted by molar-refractivity contribution is 6.31. The van der Waals surface area contributed by atoms with Crippen LogP contribution in [0.2, 0.25) is 5.02 Å². The zero-order valence-electron chi connectivity index (χ0n) is 17.4. The van der Waals surface area contributed by atoms with Gasteiger partial charge in [0.1, 0.15) is 5.65 Å². The number of anilines is 2. The number of benzene rings is 2. The van der Waals surface area contributed by atoms with Gasteiger partial charge in [-0.2, -0.15) is 4.98 Å². The SMILES string of the molecule is Cc1ccc(Nc2ncc3ccn(-c4ccc(CN5CCOCC5)cc4)c3n2)cc1Cl. The number of nitrogens with zero attached hydrogens (tertiary/aromatic N) is 4. The van der Waals surface area contributed by atoms with E-state index in [0.29, 0.717) is 11.0 Å². The van der Waals surface area contributed by atoms with Crippen LogP contribution in [-0.2, 0) is 11.3 Å². The van der Waals surface area contributed by atoms with E-state index in [2.05, 4.69) is 44.0 Å². The van der Waals surface area contributed by atoms with E-state index < -0.39 is 0 Å². The lowest BCUT2D eigenvalue weighted by Crippen LogP contribution is -2.35. The Labute approximate surface area is 186 Å². The Morgan fingerprint density at radius 2 is 1.87 bits per heavy atom. The molecule has 0 atom stereocenters. The normalized spacial score (nSPS) is 14.8. The van der Waals surface area contributed by atoms with Crippen molar-refractivity contribution in [3.8, 4) is 5.69 Å². The molecule has 1 aliphatic heterocycles. The number of halogens is 1. The second-order valence-corrected chi connectivity index (χ2v) is 8.21. The molecule has 2 aromatic heterocycles. The van der Waals surface area contributed by atoms with E-state index in [0.717, 1.165) is 60.8 Å². The van der Waals surface area contributed by atoms with Gasteiger partial charge in [0.05, 0.1) is 13.2 Å². The van der Waals surface area contributed by atoms with Crippen molar-refractivity contribution in [1.82, 2.24) is 19.4 Å². The number of fused-ring (bicyclic) bond motifs is 1. The number of aromatic nitrogens is 3. The molecule has 1 N–H and O–H groups in total. The third-order valence-electron chi connectivity index (χ3n) is 5.58. The first kappa shape index (κ1) is 20.0. The smallest absolute Gasteiger partial charge is 0.229 e. The fourth-order valence-electron chi connectivity index (χ4n) is 3.77. The molecule has 0 aliphatic carbocycles. The summed E-state index contributed by atoms with van der Waals surface area (Å²) >= 11 is 6.24. The first-order valence-electron chi connectivity index (χ1n) is 10.4. The third-order valence-corrected chi connectivity index (χ3v) is 5.99. The molecule has 1 fully saturated rings. The first-order valence-corrected chi connectivity index (χ1v) is 10.8. The fourth-order valence-corrected chi connectivity index (χ4v) is 3.95. The zero-order valence-corrected chi connectivity index (χ0v) is 18.1. The van der Waals surface area contributed by atoms with E-state index in [1.807, 2.05) is 43.6 Å². The van der Waals surface area contributed by atoms with Crippen LogP contribution in [0, 0.1) is 6.92 Å². The Balaban J connectivity index is 1.38. The minimum absolute atomic E-state index is 0.538. The van der Waals surface area contributed by atoms with Crippen LogP contribution in [0.3, 0.4) is 0 Å². The Hall–Kier alpha value is -2.93. The summed E-state index contributed by atoms with van der Waals surface area (Å²) in [6.45, 7) is 6.54. The molecule has 1 saturated heterocycles. The maximum Gasteiger partial charge on any atom is 0.229 e. The molecule has 31 heavy (non-hydrogen) atoms. The van der Waals surface area contributed by atoms with Crippen molar-refractivity contribution in [2.75, 3.05) is 31.6 Å². The summed E-state index contributed by atoms with van der Waals surface area (Å²) in [7, 11) is 0. The Kier molecular flexibility index (Phi) is 5.59. The zero-order chi connectivity index (χ0) is 21.2. The molecule has 6 nitrogen and oxygen atoms in total. The topological polar surface area (TPSA) is 55.2 Å². The molecule has 0 saturated carbocycles. The molecule has 4 aromatic rings. The van der Waals surface area contributed by atoms with Gasteiger partial charge >= 0.3 is 0 Å². The van der Waals surface area contributed by atoms with E-state index in [-0.39, 0.29) is 0 Å². The lowest BCUT2D eigenvalue weighted by Gasteiger charge is -2.26. The molecule has 0 bridgehead atoms. The van der Waals surface area contributed by atoms with E-state index in [1.165, 1.54) is 5.56 Å². The van der Waals surface area contributed by atoms with Crippen molar-refractivity contribution in [3.63, 3.8) is 0 Å². The highest BCUT2D eigenvalue weighted by atomic mass is 35.5. The molecule has 2 aromatic carbocycles.